The first-order valence-corrected chi connectivity index (χ1v) is 6.46. The van der Waals surface area contributed by atoms with Gasteiger partial charge in [0.25, 0.3) is 0 Å². The van der Waals surface area contributed by atoms with Crippen molar-refractivity contribution in [2.24, 2.45) is 5.92 Å². The second kappa shape index (κ2) is 5.23. The van der Waals surface area contributed by atoms with Crippen LogP contribution in [0.4, 0.5) is 5.69 Å². The van der Waals surface area contributed by atoms with Gasteiger partial charge in [0, 0.05) is 13.1 Å². The van der Waals surface area contributed by atoms with Gasteiger partial charge in [-0.25, -0.2) is 0 Å². The van der Waals surface area contributed by atoms with Crippen LogP contribution in [-0.4, -0.2) is 13.1 Å². The van der Waals surface area contributed by atoms with Gasteiger partial charge in [-0.15, -0.1) is 0 Å². The molecule has 0 spiro atoms. The lowest BCUT2D eigenvalue weighted by atomic mass is 9.84. The van der Waals surface area contributed by atoms with Gasteiger partial charge in [-0.1, -0.05) is 31.9 Å². The van der Waals surface area contributed by atoms with Crippen LogP contribution in [0.25, 0.3) is 0 Å². The molecule has 2 heteroatoms. The van der Waals surface area contributed by atoms with Crippen molar-refractivity contribution < 1.29 is 0 Å². The molecule has 2 atom stereocenters. The van der Waals surface area contributed by atoms with Crippen molar-refractivity contribution in [2.45, 2.75) is 38.6 Å². The molecule has 1 saturated carbocycles. The lowest BCUT2D eigenvalue weighted by Gasteiger charge is -2.38. The Morgan fingerprint density at radius 2 is 1.94 bits per heavy atom. The van der Waals surface area contributed by atoms with Gasteiger partial charge in [0.1, 0.15) is 6.07 Å². The highest BCUT2D eigenvalue weighted by Gasteiger charge is 2.26. The van der Waals surface area contributed by atoms with Crippen LogP contribution in [0.15, 0.2) is 24.3 Å². The summed E-state index contributed by atoms with van der Waals surface area (Å²) in [5, 5.41) is 9.15. The first kappa shape index (κ1) is 12.0. The molecule has 2 rings (SSSR count). The third-order valence-electron chi connectivity index (χ3n) is 3.97. The number of anilines is 1. The zero-order chi connectivity index (χ0) is 12.3. The maximum atomic E-state index is 9.15. The number of rotatable bonds is 2. The van der Waals surface area contributed by atoms with Crippen molar-refractivity contribution in [3.8, 4) is 6.07 Å². The summed E-state index contributed by atoms with van der Waals surface area (Å²) in [5.41, 5.74) is 1.86. The third-order valence-corrected chi connectivity index (χ3v) is 3.97. The first-order valence-electron chi connectivity index (χ1n) is 6.46. The quantitative estimate of drug-likeness (QED) is 0.773. The Balaban J connectivity index is 2.24. The normalized spacial score (nSPS) is 24.1. The van der Waals surface area contributed by atoms with Crippen molar-refractivity contribution in [1.82, 2.24) is 0 Å². The van der Waals surface area contributed by atoms with Crippen molar-refractivity contribution in [1.29, 1.82) is 5.26 Å². The van der Waals surface area contributed by atoms with Gasteiger partial charge in [-0.3, -0.25) is 0 Å². The zero-order valence-electron chi connectivity index (χ0n) is 10.7. The number of benzene rings is 1. The fraction of sp³-hybridized carbons (Fsp3) is 0.533. The van der Waals surface area contributed by atoms with E-state index < -0.39 is 0 Å². The first-order chi connectivity index (χ1) is 8.24. The van der Waals surface area contributed by atoms with Crippen LogP contribution in [0, 0.1) is 17.2 Å². The Kier molecular flexibility index (Phi) is 3.68. The monoisotopic (exact) mass is 228 g/mol. The van der Waals surface area contributed by atoms with Crippen LogP contribution in [0.3, 0.4) is 0 Å². The summed E-state index contributed by atoms with van der Waals surface area (Å²) in [4.78, 5) is 2.31. The number of hydrogen-bond donors (Lipinski definition) is 0. The molecule has 1 aromatic carbocycles. The third kappa shape index (κ3) is 2.44. The Labute approximate surface area is 104 Å². The Morgan fingerprint density at radius 1 is 1.24 bits per heavy atom. The number of para-hydroxylation sites is 1. The molecule has 1 aliphatic carbocycles. The van der Waals surface area contributed by atoms with Gasteiger partial charge in [0.15, 0.2) is 0 Å². The van der Waals surface area contributed by atoms with Crippen molar-refractivity contribution in [3.63, 3.8) is 0 Å². The maximum Gasteiger partial charge on any atom is 0.101 e. The minimum atomic E-state index is 0.582. The molecular formula is C15H20N2. The summed E-state index contributed by atoms with van der Waals surface area (Å²) in [6, 6.07) is 10.8. The van der Waals surface area contributed by atoms with Crippen molar-refractivity contribution in [3.05, 3.63) is 29.8 Å². The summed E-state index contributed by atoms with van der Waals surface area (Å²) in [6.45, 7) is 2.33. The van der Waals surface area contributed by atoms with Gasteiger partial charge in [0.05, 0.1) is 11.3 Å². The maximum absolute atomic E-state index is 9.15. The summed E-state index contributed by atoms with van der Waals surface area (Å²) in [6.07, 6.45) is 5.22. The van der Waals surface area contributed by atoms with E-state index in [1.54, 1.807) is 0 Å². The lowest BCUT2D eigenvalue weighted by molar-refractivity contribution is 0.321. The van der Waals surface area contributed by atoms with Gasteiger partial charge in [-0.2, -0.15) is 5.26 Å². The Bertz CT molecular complexity index is 419. The van der Waals surface area contributed by atoms with E-state index in [0.717, 1.165) is 17.2 Å². The fourth-order valence-electron chi connectivity index (χ4n) is 2.93. The number of nitrogens with zero attached hydrogens (tertiary/aromatic N) is 2. The highest BCUT2D eigenvalue weighted by Crippen LogP contribution is 2.31. The standard InChI is InChI=1S/C15H20N2/c1-12-7-3-5-9-14(12)17(2)15-10-6-4-8-13(15)11-16/h4,6,8,10,12,14H,3,5,7,9H2,1-2H3. The summed E-state index contributed by atoms with van der Waals surface area (Å²) >= 11 is 0. The molecule has 0 amide bonds. The molecule has 2 nitrogen and oxygen atoms in total. The molecule has 90 valence electrons. The van der Waals surface area contributed by atoms with E-state index in [1.807, 2.05) is 18.2 Å². The smallest absolute Gasteiger partial charge is 0.101 e. The van der Waals surface area contributed by atoms with Crippen LogP contribution in [0.2, 0.25) is 0 Å². The van der Waals surface area contributed by atoms with E-state index in [0.29, 0.717) is 6.04 Å². The predicted molar refractivity (Wildman–Crippen MR) is 71.0 cm³/mol. The van der Waals surface area contributed by atoms with E-state index in [1.165, 1.54) is 25.7 Å². The van der Waals surface area contributed by atoms with Gasteiger partial charge in [-0.05, 0) is 30.9 Å². The van der Waals surface area contributed by atoms with Gasteiger partial charge >= 0.3 is 0 Å². The van der Waals surface area contributed by atoms with Gasteiger partial charge < -0.3 is 4.90 Å². The number of nitriles is 1. The average Bonchev–Trinajstić information content (AvgIpc) is 2.38. The highest BCUT2D eigenvalue weighted by atomic mass is 15.1. The average molecular weight is 228 g/mol. The summed E-state index contributed by atoms with van der Waals surface area (Å²) < 4.78 is 0. The van der Waals surface area contributed by atoms with Crippen LogP contribution in [-0.2, 0) is 0 Å². The minimum absolute atomic E-state index is 0.582. The largest absolute Gasteiger partial charge is 0.370 e. The molecule has 0 saturated heterocycles. The number of hydrogen-bond acceptors (Lipinski definition) is 2. The van der Waals surface area contributed by atoms with E-state index in [2.05, 4.69) is 31.0 Å². The molecule has 0 radical (unpaired) electrons. The molecule has 2 unspecified atom stereocenters. The molecule has 0 aromatic heterocycles. The molecule has 1 aliphatic rings. The minimum Gasteiger partial charge on any atom is -0.370 e. The van der Waals surface area contributed by atoms with E-state index in [9.17, 15) is 0 Å². The molecular weight excluding hydrogens is 208 g/mol. The van der Waals surface area contributed by atoms with Crippen molar-refractivity contribution in [2.75, 3.05) is 11.9 Å². The van der Waals surface area contributed by atoms with Crippen LogP contribution < -0.4 is 4.90 Å². The Hall–Kier alpha value is -1.49. The lowest BCUT2D eigenvalue weighted by Crippen LogP contribution is -2.39. The Morgan fingerprint density at radius 3 is 2.65 bits per heavy atom. The predicted octanol–water partition coefficient (Wildman–Crippen LogP) is 3.57. The van der Waals surface area contributed by atoms with Crippen molar-refractivity contribution >= 4 is 5.69 Å². The van der Waals surface area contributed by atoms with Crippen LogP contribution in [0.5, 0.6) is 0 Å². The van der Waals surface area contributed by atoms with Gasteiger partial charge in [0.2, 0.25) is 0 Å². The zero-order valence-corrected chi connectivity index (χ0v) is 10.7. The topological polar surface area (TPSA) is 27.0 Å². The molecule has 0 bridgehead atoms. The highest BCUT2D eigenvalue weighted by molar-refractivity contribution is 5.59. The molecule has 0 aliphatic heterocycles. The van der Waals surface area contributed by atoms with E-state index in [-0.39, 0.29) is 0 Å². The van der Waals surface area contributed by atoms with E-state index >= 15 is 0 Å². The molecule has 0 heterocycles. The molecule has 17 heavy (non-hydrogen) atoms. The second-order valence-electron chi connectivity index (χ2n) is 5.07. The van der Waals surface area contributed by atoms with Crippen LogP contribution in [0.1, 0.15) is 38.2 Å². The van der Waals surface area contributed by atoms with E-state index in [4.69, 9.17) is 5.26 Å². The molecule has 1 aromatic rings. The molecule has 1 fully saturated rings. The second-order valence-corrected chi connectivity index (χ2v) is 5.07. The molecule has 0 N–H and O–H groups in total. The SMILES string of the molecule is CC1CCCCC1N(C)c1ccccc1C#N. The summed E-state index contributed by atoms with van der Waals surface area (Å²) in [5.74, 6) is 0.723. The fourth-order valence-corrected chi connectivity index (χ4v) is 2.93. The summed E-state index contributed by atoms with van der Waals surface area (Å²) in [7, 11) is 2.13. The van der Waals surface area contributed by atoms with Crippen LogP contribution >= 0.6 is 0 Å².